The van der Waals surface area contributed by atoms with Gasteiger partial charge in [-0.25, -0.2) is 4.98 Å². The van der Waals surface area contributed by atoms with Crippen molar-refractivity contribution in [2.75, 3.05) is 51.7 Å². The Bertz CT molecular complexity index is 649. The van der Waals surface area contributed by atoms with E-state index in [-0.39, 0.29) is 6.10 Å². The fraction of sp³-hybridized carbons (Fsp3) is 0.667. The van der Waals surface area contributed by atoms with Gasteiger partial charge in [-0.15, -0.1) is 0 Å². The van der Waals surface area contributed by atoms with Gasteiger partial charge in [-0.3, -0.25) is 0 Å². The molecule has 9 heteroatoms. The van der Waals surface area contributed by atoms with Gasteiger partial charge in [-0.05, 0) is 30.5 Å². The predicted molar refractivity (Wildman–Crippen MR) is 89.6 cm³/mol. The molecule has 0 saturated carbocycles. The second kappa shape index (κ2) is 7.75. The summed E-state index contributed by atoms with van der Waals surface area (Å²) >= 11 is 0. The Kier molecular flexibility index (Phi) is 5.67. The molecule has 8 nitrogen and oxygen atoms in total. The van der Waals surface area contributed by atoms with Crippen molar-refractivity contribution in [2.45, 2.75) is 18.9 Å². The fourth-order valence-corrected chi connectivity index (χ4v) is 4.59. The lowest BCUT2D eigenvalue weighted by Crippen LogP contribution is -2.53. The summed E-state index contributed by atoms with van der Waals surface area (Å²) in [5.74, 6) is 0.494. The van der Waals surface area contributed by atoms with Gasteiger partial charge in [0, 0.05) is 32.4 Å². The van der Waals surface area contributed by atoms with Crippen LogP contribution >= 0.6 is 0 Å². The van der Waals surface area contributed by atoms with Gasteiger partial charge in [0.2, 0.25) is 0 Å². The molecule has 0 amide bonds. The number of hydrogen-bond acceptors (Lipinski definition) is 6. The Labute approximate surface area is 142 Å². The first kappa shape index (κ1) is 17.6. The van der Waals surface area contributed by atoms with Gasteiger partial charge in [-0.1, -0.05) is 0 Å². The van der Waals surface area contributed by atoms with Crippen molar-refractivity contribution < 1.29 is 17.9 Å². The molecule has 0 aromatic carbocycles. The highest BCUT2D eigenvalue weighted by molar-refractivity contribution is 7.86. The van der Waals surface area contributed by atoms with E-state index in [1.165, 1.54) is 8.61 Å². The van der Waals surface area contributed by atoms with Crippen LogP contribution in [0.5, 0.6) is 0 Å². The molecular weight excluding hydrogens is 332 g/mol. The lowest BCUT2D eigenvalue weighted by atomic mass is 10.1. The maximum atomic E-state index is 12.7. The predicted octanol–water partition coefficient (Wildman–Crippen LogP) is -0.126. The average molecular weight is 356 g/mol. The molecule has 2 saturated heterocycles. The monoisotopic (exact) mass is 356 g/mol. The highest BCUT2D eigenvalue weighted by Crippen LogP contribution is 2.18. The largest absolute Gasteiger partial charge is 0.384 e. The van der Waals surface area contributed by atoms with Crippen LogP contribution in [0.25, 0.3) is 0 Å². The van der Waals surface area contributed by atoms with E-state index in [2.05, 4.69) is 4.98 Å². The second-order valence-electron chi connectivity index (χ2n) is 6.00. The van der Waals surface area contributed by atoms with Crippen LogP contribution in [0.3, 0.4) is 0 Å². The number of nitrogens with zero attached hydrogens (tertiary/aromatic N) is 3. The molecule has 0 aliphatic carbocycles. The molecule has 134 valence electrons. The van der Waals surface area contributed by atoms with Crippen LogP contribution in [-0.2, 0) is 26.1 Å². The van der Waals surface area contributed by atoms with Crippen LogP contribution in [0.4, 0.5) is 5.82 Å². The summed E-state index contributed by atoms with van der Waals surface area (Å²) in [6.07, 6.45) is 3.10. The Balaban J connectivity index is 1.57. The zero-order valence-corrected chi connectivity index (χ0v) is 14.5. The van der Waals surface area contributed by atoms with E-state index in [4.69, 9.17) is 15.2 Å². The summed E-state index contributed by atoms with van der Waals surface area (Å²) in [4.78, 5) is 3.97. The zero-order valence-electron chi connectivity index (χ0n) is 13.6. The van der Waals surface area contributed by atoms with E-state index in [1.807, 2.05) is 12.1 Å². The van der Waals surface area contributed by atoms with Gasteiger partial charge < -0.3 is 15.2 Å². The zero-order chi connectivity index (χ0) is 17.0. The molecule has 2 aliphatic rings. The van der Waals surface area contributed by atoms with E-state index in [9.17, 15) is 8.42 Å². The molecule has 0 spiro atoms. The highest BCUT2D eigenvalue weighted by atomic mass is 32.2. The van der Waals surface area contributed by atoms with Crippen molar-refractivity contribution in [3.8, 4) is 0 Å². The SMILES string of the molecule is Nc1cc(CCC2CN(S(=O)(=O)N3CCOCC3)CCO2)ccn1. The minimum Gasteiger partial charge on any atom is -0.384 e. The third-order valence-electron chi connectivity index (χ3n) is 4.32. The lowest BCUT2D eigenvalue weighted by molar-refractivity contribution is -0.00866. The van der Waals surface area contributed by atoms with Gasteiger partial charge in [0.25, 0.3) is 10.2 Å². The second-order valence-corrected chi connectivity index (χ2v) is 7.93. The van der Waals surface area contributed by atoms with Crippen molar-refractivity contribution in [1.82, 2.24) is 13.6 Å². The lowest BCUT2D eigenvalue weighted by Gasteiger charge is -2.36. The maximum absolute atomic E-state index is 12.7. The molecule has 2 aliphatic heterocycles. The number of aryl methyl sites for hydroxylation is 1. The van der Waals surface area contributed by atoms with Gasteiger partial charge in [0.1, 0.15) is 5.82 Å². The topological polar surface area (TPSA) is 98.0 Å². The number of nitrogen functional groups attached to an aromatic ring is 1. The number of anilines is 1. The van der Waals surface area contributed by atoms with Crippen molar-refractivity contribution in [3.05, 3.63) is 23.9 Å². The summed E-state index contributed by atoms with van der Waals surface area (Å²) in [6, 6.07) is 3.76. The van der Waals surface area contributed by atoms with Gasteiger partial charge in [-0.2, -0.15) is 17.0 Å². The standard InChI is InChI=1S/C15H24N4O4S/c16-15-11-13(3-4-17-15)1-2-14-12-19(7-10-23-14)24(20,21)18-5-8-22-9-6-18/h3-4,11,14H,1-2,5-10,12H2,(H2,16,17). The smallest absolute Gasteiger partial charge is 0.282 e. The molecule has 24 heavy (non-hydrogen) atoms. The molecule has 1 unspecified atom stereocenters. The summed E-state index contributed by atoms with van der Waals surface area (Å²) in [5, 5.41) is 0. The molecule has 3 rings (SSSR count). The molecule has 2 fully saturated rings. The molecule has 1 aromatic rings. The molecule has 2 N–H and O–H groups in total. The quantitative estimate of drug-likeness (QED) is 0.789. The molecule has 0 bridgehead atoms. The van der Waals surface area contributed by atoms with Crippen molar-refractivity contribution >= 4 is 16.0 Å². The third-order valence-corrected chi connectivity index (χ3v) is 6.33. The van der Waals surface area contributed by atoms with Crippen molar-refractivity contribution in [1.29, 1.82) is 0 Å². The van der Waals surface area contributed by atoms with Crippen LogP contribution in [0, 0.1) is 0 Å². The number of nitrogens with two attached hydrogens (primary N) is 1. The van der Waals surface area contributed by atoms with Crippen LogP contribution in [0.1, 0.15) is 12.0 Å². The minimum atomic E-state index is -3.43. The highest BCUT2D eigenvalue weighted by Gasteiger charge is 2.34. The maximum Gasteiger partial charge on any atom is 0.282 e. The van der Waals surface area contributed by atoms with Gasteiger partial charge in [0.15, 0.2) is 0 Å². The first-order chi connectivity index (χ1) is 11.6. The van der Waals surface area contributed by atoms with Crippen LogP contribution in [0.2, 0.25) is 0 Å². The Hall–Kier alpha value is -1.26. The third kappa shape index (κ3) is 4.22. The normalized spacial score (nSPS) is 24.1. The average Bonchev–Trinajstić information content (AvgIpc) is 2.61. The first-order valence-electron chi connectivity index (χ1n) is 8.21. The Morgan fingerprint density at radius 3 is 2.71 bits per heavy atom. The number of morpholine rings is 2. The number of pyridine rings is 1. The number of aromatic nitrogens is 1. The number of ether oxygens (including phenoxy) is 2. The van der Waals surface area contributed by atoms with E-state index in [1.54, 1.807) is 6.20 Å². The number of rotatable bonds is 5. The van der Waals surface area contributed by atoms with E-state index in [0.717, 1.165) is 18.4 Å². The molecule has 3 heterocycles. The van der Waals surface area contributed by atoms with E-state index >= 15 is 0 Å². The van der Waals surface area contributed by atoms with E-state index < -0.39 is 10.2 Å². The number of hydrogen-bond donors (Lipinski definition) is 1. The van der Waals surface area contributed by atoms with Gasteiger partial charge >= 0.3 is 0 Å². The van der Waals surface area contributed by atoms with Crippen LogP contribution < -0.4 is 5.73 Å². The van der Waals surface area contributed by atoms with Crippen LogP contribution in [-0.4, -0.2) is 74.1 Å². The Morgan fingerprint density at radius 1 is 1.21 bits per heavy atom. The summed E-state index contributed by atoms with van der Waals surface area (Å²) in [5.41, 5.74) is 6.77. The minimum absolute atomic E-state index is 0.107. The van der Waals surface area contributed by atoms with Crippen molar-refractivity contribution in [3.63, 3.8) is 0 Å². The fourth-order valence-electron chi connectivity index (χ4n) is 2.99. The summed E-state index contributed by atoms with van der Waals surface area (Å²) in [6.45, 7) is 2.96. The van der Waals surface area contributed by atoms with Crippen molar-refractivity contribution in [2.24, 2.45) is 0 Å². The summed E-state index contributed by atoms with van der Waals surface area (Å²) in [7, 11) is -3.43. The van der Waals surface area contributed by atoms with Crippen LogP contribution in [0.15, 0.2) is 18.3 Å². The Morgan fingerprint density at radius 2 is 1.96 bits per heavy atom. The van der Waals surface area contributed by atoms with E-state index in [0.29, 0.717) is 51.8 Å². The van der Waals surface area contributed by atoms with Gasteiger partial charge in [0.05, 0.1) is 25.9 Å². The first-order valence-corrected chi connectivity index (χ1v) is 9.60. The molecule has 0 radical (unpaired) electrons. The molecule has 1 aromatic heterocycles. The molecular formula is C15H24N4O4S. The summed E-state index contributed by atoms with van der Waals surface area (Å²) < 4.78 is 39.5. The molecule has 1 atom stereocenters.